The van der Waals surface area contributed by atoms with Crippen molar-refractivity contribution in [2.75, 3.05) is 6.61 Å². The molecule has 1 aromatic rings. The normalized spacial score (nSPS) is 17.2. The van der Waals surface area contributed by atoms with E-state index in [4.69, 9.17) is 9.84 Å². The summed E-state index contributed by atoms with van der Waals surface area (Å²) in [6, 6.07) is 2.32. The Morgan fingerprint density at radius 2 is 1.88 bits per heavy atom. The first-order chi connectivity index (χ1) is 7.56. The zero-order valence-corrected chi connectivity index (χ0v) is 10.1. The number of ether oxygens (including phenoxy) is 1. The molecule has 1 saturated carbocycles. The number of aliphatic hydroxyl groups is 1. The molecule has 0 bridgehead atoms. The van der Waals surface area contributed by atoms with Crippen LogP contribution in [0.15, 0.2) is 16.6 Å². The van der Waals surface area contributed by atoms with Crippen LogP contribution in [0.1, 0.15) is 19.3 Å². The maximum absolute atomic E-state index is 13.5. The highest BCUT2D eigenvalue weighted by Crippen LogP contribution is 2.44. The van der Waals surface area contributed by atoms with Crippen molar-refractivity contribution in [1.29, 1.82) is 0 Å². The predicted molar refractivity (Wildman–Crippen MR) is 58.4 cm³/mol. The van der Waals surface area contributed by atoms with Crippen LogP contribution in [-0.2, 0) is 0 Å². The van der Waals surface area contributed by atoms with E-state index in [2.05, 4.69) is 15.9 Å². The van der Waals surface area contributed by atoms with Crippen LogP contribution in [0, 0.1) is 11.6 Å². The van der Waals surface area contributed by atoms with Gasteiger partial charge in [0.1, 0.15) is 5.60 Å². The van der Waals surface area contributed by atoms with Gasteiger partial charge in [-0.15, -0.1) is 0 Å². The van der Waals surface area contributed by atoms with Gasteiger partial charge in [0.15, 0.2) is 17.4 Å². The largest absolute Gasteiger partial charge is 0.481 e. The average molecular weight is 293 g/mol. The summed E-state index contributed by atoms with van der Waals surface area (Å²) in [6.45, 7) is -0.0419. The van der Waals surface area contributed by atoms with Crippen molar-refractivity contribution in [2.45, 2.75) is 24.9 Å². The minimum absolute atomic E-state index is 0.0419. The number of benzene rings is 1. The second-order valence-corrected chi connectivity index (χ2v) is 4.87. The Morgan fingerprint density at radius 3 is 2.31 bits per heavy atom. The van der Waals surface area contributed by atoms with E-state index in [1.807, 2.05) is 0 Å². The number of halogens is 3. The highest BCUT2D eigenvalue weighted by atomic mass is 79.9. The SMILES string of the molecule is OCCC1(Oc2c(F)cc(Br)cc2F)CC1. The topological polar surface area (TPSA) is 29.5 Å². The summed E-state index contributed by atoms with van der Waals surface area (Å²) >= 11 is 3.00. The molecule has 1 aromatic carbocycles. The molecular weight excluding hydrogens is 282 g/mol. The first-order valence-electron chi connectivity index (χ1n) is 5.01. The van der Waals surface area contributed by atoms with Crippen molar-refractivity contribution in [3.8, 4) is 5.75 Å². The van der Waals surface area contributed by atoms with Gasteiger partial charge in [0.2, 0.25) is 0 Å². The number of rotatable bonds is 4. The number of hydrogen-bond acceptors (Lipinski definition) is 2. The predicted octanol–water partition coefficient (Wildman–Crippen LogP) is 3.02. The van der Waals surface area contributed by atoms with Crippen LogP contribution in [0.5, 0.6) is 5.75 Å². The van der Waals surface area contributed by atoms with Gasteiger partial charge in [-0.2, -0.15) is 0 Å². The summed E-state index contributed by atoms with van der Waals surface area (Å²) in [5, 5.41) is 8.83. The molecule has 0 spiro atoms. The summed E-state index contributed by atoms with van der Waals surface area (Å²) in [5.74, 6) is -1.80. The van der Waals surface area contributed by atoms with E-state index < -0.39 is 17.2 Å². The molecule has 0 heterocycles. The zero-order valence-electron chi connectivity index (χ0n) is 8.47. The molecule has 88 valence electrons. The lowest BCUT2D eigenvalue weighted by Gasteiger charge is -2.18. The van der Waals surface area contributed by atoms with Crippen LogP contribution in [-0.4, -0.2) is 17.3 Å². The van der Waals surface area contributed by atoms with Crippen molar-refractivity contribution in [3.05, 3.63) is 28.2 Å². The molecule has 0 saturated heterocycles. The van der Waals surface area contributed by atoms with Crippen LogP contribution in [0.2, 0.25) is 0 Å². The van der Waals surface area contributed by atoms with Gasteiger partial charge in [-0.1, -0.05) is 15.9 Å². The molecule has 5 heteroatoms. The van der Waals surface area contributed by atoms with E-state index in [1.54, 1.807) is 0 Å². The molecule has 0 atom stereocenters. The van der Waals surface area contributed by atoms with E-state index in [9.17, 15) is 8.78 Å². The smallest absolute Gasteiger partial charge is 0.191 e. The molecule has 0 amide bonds. The lowest BCUT2D eigenvalue weighted by atomic mass is 10.2. The Bertz CT molecular complexity index is 382. The van der Waals surface area contributed by atoms with Gasteiger partial charge < -0.3 is 9.84 Å². The standard InChI is InChI=1S/C11H11BrF2O2/c12-7-5-8(13)10(9(14)6-7)16-11(1-2-11)3-4-15/h5-6,15H,1-4H2. The monoisotopic (exact) mass is 292 g/mol. The second kappa shape index (κ2) is 4.30. The van der Waals surface area contributed by atoms with Crippen molar-refractivity contribution < 1.29 is 18.6 Å². The first kappa shape index (κ1) is 11.8. The molecule has 0 aliphatic heterocycles. The van der Waals surface area contributed by atoms with Crippen LogP contribution in [0.3, 0.4) is 0 Å². The Kier molecular flexibility index (Phi) is 3.17. The summed E-state index contributed by atoms with van der Waals surface area (Å²) < 4.78 is 32.6. The maximum Gasteiger partial charge on any atom is 0.191 e. The summed E-state index contributed by atoms with van der Waals surface area (Å²) in [5.41, 5.74) is -0.565. The Hall–Kier alpha value is -0.680. The lowest BCUT2D eigenvalue weighted by molar-refractivity contribution is 0.123. The number of hydrogen-bond donors (Lipinski definition) is 1. The highest BCUT2D eigenvalue weighted by molar-refractivity contribution is 9.10. The maximum atomic E-state index is 13.5. The molecule has 1 fully saturated rings. The fraction of sp³-hybridized carbons (Fsp3) is 0.455. The van der Waals surface area contributed by atoms with Crippen LogP contribution < -0.4 is 4.74 Å². The van der Waals surface area contributed by atoms with Gasteiger partial charge in [-0.05, 0) is 25.0 Å². The molecular formula is C11H11BrF2O2. The van der Waals surface area contributed by atoms with Gasteiger partial charge in [0.25, 0.3) is 0 Å². The second-order valence-electron chi connectivity index (χ2n) is 3.96. The molecule has 16 heavy (non-hydrogen) atoms. The molecule has 2 rings (SSSR count). The lowest BCUT2D eigenvalue weighted by Crippen LogP contribution is -2.21. The number of aliphatic hydroxyl groups excluding tert-OH is 1. The molecule has 0 radical (unpaired) electrons. The van der Waals surface area contributed by atoms with E-state index >= 15 is 0 Å². The van der Waals surface area contributed by atoms with Crippen LogP contribution >= 0.6 is 15.9 Å². The summed E-state index contributed by atoms with van der Waals surface area (Å²) in [7, 11) is 0. The van der Waals surface area contributed by atoms with Crippen LogP contribution in [0.4, 0.5) is 8.78 Å². The third kappa shape index (κ3) is 2.35. The van der Waals surface area contributed by atoms with E-state index in [0.29, 0.717) is 10.9 Å². The van der Waals surface area contributed by atoms with E-state index in [0.717, 1.165) is 25.0 Å². The Morgan fingerprint density at radius 1 is 1.31 bits per heavy atom. The minimum atomic E-state index is -0.726. The van der Waals surface area contributed by atoms with E-state index in [-0.39, 0.29) is 12.4 Å². The Labute approximate surface area is 100 Å². The van der Waals surface area contributed by atoms with Gasteiger partial charge in [-0.3, -0.25) is 0 Å². The van der Waals surface area contributed by atoms with Gasteiger partial charge in [0.05, 0.1) is 0 Å². The van der Waals surface area contributed by atoms with Crippen LogP contribution in [0.25, 0.3) is 0 Å². The van der Waals surface area contributed by atoms with Gasteiger partial charge in [-0.25, -0.2) is 8.78 Å². The zero-order chi connectivity index (χ0) is 11.8. The fourth-order valence-electron chi connectivity index (χ4n) is 1.59. The minimum Gasteiger partial charge on any atom is -0.481 e. The molecule has 0 aromatic heterocycles. The summed E-state index contributed by atoms with van der Waals surface area (Å²) in [4.78, 5) is 0. The molecule has 0 unspecified atom stereocenters. The molecule has 1 aliphatic rings. The molecule has 2 nitrogen and oxygen atoms in total. The quantitative estimate of drug-likeness (QED) is 0.924. The third-order valence-corrected chi connectivity index (χ3v) is 3.11. The highest BCUT2D eigenvalue weighted by Gasteiger charge is 2.45. The Balaban J connectivity index is 2.21. The van der Waals surface area contributed by atoms with Crippen molar-refractivity contribution in [2.24, 2.45) is 0 Å². The third-order valence-electron chi connectivity index (χ3n) is 2.66. The summed E-state index contributed by atoms with van der Waals surface area (Å²) in [6.07, 6.45) is 1.85. The van der Waals surface area contributed by atoms with Crippen molar-refractivity contribution in [3.63, 3.8) is 0 Å². The van der Waals surface area contributed by atoms with E-state index in [1.165, 1.54) is 0 Å². The average Bonchev–Trinajstić information content (AvgIpc) is 2.93. The molecule has 1 N–H and O–H groups in total. The van der Waals surface area contributed by atoms with Gasteiger partial charge in [0, 0.05) is 17.5 Å². The molecule has 1 aliphatic carbocycles. The fourth-order valence-corrected chi connectivity index (χ4v) is 1.99. The van der Waals surface area contributed by atoms with Gasteiger partial charge >= 0.3 is 0 Å². The van der Waals surface area contributed by atoms with Crippen molar-refractivity contribution in [1.82, 2.24) is 0 Å². The van der Waals surface area contributed by atoms with Crippen molar-refractivity contribution >= 4 is 15.9 Å². The first-order valence-corrected chi connectivity index (χ1v) is 5.80.